The lowest BCUT2D eigenvalue weighted by molar-refractivity contribution is -0.0295. The van der Waals surface area contributed by atoms with Crippen molar-refractivity contribution in [2.45, 2.75) is 44.3 Å². The van der Waals surface area contributed by atoms with Crippen molar-refractivity contribution in [2.24, 2.45) is 5.92 Å². The van der Waals surface area contributed by atoms with Crippen LogP contribution in [0.25, 0.3) is 0 Å². The van der Waals surface area contributed by atoms with Gasteiger partial charge >= 0.3 is 0 Å². The smallest absolute Gasteiger partial charge is 0.125 e. The number of hydrogen-bond donors (Lipinski definition) is 2. The third-order valence-corrected chi connectivity index (χ3v) is 4.21. The second kappa shape index (κ2) is 6.95. The first-order valence-corrected chi connectivity index (χ1v) is 7.25. The molecule has 0 saturated heterocycles. The lowest BCUT2D eigenvalue weighted by Gasteiger charge is -2.30. The van der Waals surface area contributed by atoms with Crippen LogP contribution in [0.4, 0.5) is 0 Å². The molecule has 2 rings (SSSR count). The molecule has 0 aromatic heterocycles. The molecule has 0 amide bonds. The van der Waals surface area contributed by atoms with E-state index < -0.39 is 12.2 Å². The Morgan fingerprint density at radius 2 is 1.75 bits per heavy atom. The molecule has 20 heavy (non-hydrogen) atoms. The van der Waals surface area contributed by atoms with E-state index in [1.165, 1.54) is 6.42 Å². The molecule has 112 valence electrons. The van der Waals surface area contributed by atoms with Crippen LogP contribution in [0.15, 0.2) is 18.2 Å². The minimum atomic E-state index is -0.942. The average Bonchev–Trinajstić information content (AvgIpc) is 2.53. The highest BCUT2D eigenvalue weighted by Crippen LogP contribution is 2.36. The van der Waals surface area contributed by atoms with Crippen molar-refractivity contribution in [3.05, 3.63) is 23.8 Å². The van der Waals surface area contributed by atoms with Crippen LogP contribution in [0.2, 0.25) is 0 Å². The molecule has 1 aromatic carbocycles. The molecule has 1 aromatic rings. The molecule has 4 nitrogen and oxygen atoms in total. The largest absolute Gasteiger partial charge is 0.497 e. The normalized spacial score (nSPS) is 19.4. The van der Waals surface area contributed by atoms with Crippen LogP contribution in [0.5, 0.6) is 11.5 Å². The van der Waals surface area contributed by atoms with Gasteiger partial charge in [-0.2, -0.15) is 0 Å². The number of aliphatic hydroxyl groups excluding tert-OH is 2. The number of hydrogen-bond acceptors (Lipinski definition) is 4. The molecular weight excluding hydrogens is 256 g/mol. The van der Waals surface area contributed by atoms with Gasteiger partial charge in [0.1, 0.15) is 17.6 Å². The summed E-state index contributed by atoms with van der Waals surface area (Å²) in [5.41, 5.74) is 0.588. The van der Waals surface area contributed by atoms with E-state index in [0.717, 1.165) is 25.7 Å². The Hall–Kier alpha value is -1.26. The first-order valence-electron chi connectivity index (χ1n) is 7.25. The van der Waals surface area contributed by atoms with Gasteiger partial charge in [-0.25, -0.2) is 0 Å². The Kier molecular flexibility index (Phi) is 5.26. The van der Waals surface area contributed by atoms with Crippen LogP contribution in [-0.4, -0.2) is 30.5 Å². The third kappa shape index (κ3) is 3.25. The monoisotopic (exact) mass is 280 g/mol. The highest BCUT2D eigenvalue weighted by atomic mass is 16.5. The maximum atomic E-state index is 10.5. The maximum absolute atomic E-state index is 10.5. The van der Waals surface area contributed by atoms with Gasteiger partial charge in [-0.15, -0.1) is 0 Å². The molecule has 1 saturated carbocycles. The second-order valence-corrected chi connectivity index (χ2v) is 5.44. The second-order valence-electron chi connectivity index (χ2n) is 5.44. The summed E-state index contributed by atoms with van der Waals surface area (Å²) in [6.07, 6.45) is 3.74. The van der Waals surface area contributed by atoms with Gasteiger partial charge in [-0.05, 0) is 37.0 Å². The topological polar surface area (TPSA) is 58.9 Å². The Morgan fingerprint density at radius 1 is 1.05 bits per heavy atom. The number of aliphatic hydroxyl groups is 2. The molecular formula is C16H24O4. The summed E-state index contributed by atoms with van der Waals surface area (Å²) in [6, 6.07) is 5.27. The van der Waals surface area contributed by atoms with Gasteiger partial charge in [0.2, 0.25) is 0 Å². The molecule has 1 aliphatic rings. The lowest BCUT2D eigenvalue weighted by Crippen LogP contribution is -2.29. The maximum Gasteiger partial charge on any atom is 0.125 e. The fraction of sp³-hybridized carbons (Fsp3) is 0.625. The van der Waals surface area contributed by atoms with Crippen molar-refractivity contribution < 1.29 is 19.7 Å². The minimum absolute atomic E-state index is 0.162. The van der Waals surface area contributed by atoms with E-state index in [0.29, 0.717) is 17.1 Å². The summed E-state index contributed by atoms with van der Waals surface area (Å²) in [5.74, 6) is 1.39. The van der Waals surface area contributed by atoms with Crippen LogP contribution in [0, 0.1) is 5.92 Å². The zero-order chi connectivity index (χ0) is 14.5. The van der Waals surface area contributed by atoms with E-state index in [4.69, 9.17) is 9.47 Å². The predicted octanol–water partition coefficient (Wildman–Crippen LogP) is 2.68. The van der Waals surface area contributed by atoms with E-state index in [9.17, 15) is 10.2 Å². The van der Waals surface area contributed by atoms with Gasteiger partial charge in [-0.1, -0.05) is 19.3 Å². The summed E-state index contributed by atoms with van der Waals surface area (Å²) in [7, 11) is 3.14. The fourth-order valence-corrected chi connectivity index (χ4v) is 2.99. The zero-order valence-electron chi connectivity index (χ0n) is 12.2. The molecule has 1 aliphatic carbocycles. The van der Waals surface area contributed by atoms with Crippen molar-refractivity contribution in [3.63, 3.8) is 0 Å². The van der Waals surface area contributed by atoms with Gasteiger partial charge in [0.25, 0.3) is 0 Å². The van der Waals surface area contributed by atoms with Gasteiger partial charge < -0.3 is 19.7 Å². The summed E-state index contributed by atoms with van der Waals surface area (Å²) in [5, 5.41) is 20.9. The molecule has 0 heterocycles. The zero-order valence-corrected chi connectivity index (χ0v) is 12.2. The molecule has 1 fully saturated rings. The van der Waals surface area contributed by atoms with E-state index in [2.05, 4.69) is 0 Å². The standard InChI is InChI=1S/C16H24O4/c1-19-12-8-9-14(20-2)13(10-12)16(18)15(17)11-6-4-3-5-7-11/h8-11,15-18H,3-7H2,1-2H3. The van der Waals surface area contributed by atoms with Gasteiger partial charge in [0, 0.05) is 5.56 Å². The van der Waals surface area contributed by atoms with Crippen LogP contribution >= 0.6 is 0 Å². The first-order chi connectivity index (χ1) is 9.67. The van der Waals surface area contributed by atoms with Gasteiger partial charge in [0.05, 0.1) is 20.3 Å². The quantitative estimate of drug-likeness (QED) is 0.870. The summed E-state index contributed by atoms with van der Waals surface area (Å²) in [4.78, 5) is 0. The van der Waals surface area contributed by atoms with Crippen molar-refractivity contribution in [1.29, 1.82) is 0 Å². The number of ether oxygens (including phenoxy) is 2. The molecule has 2 unspecified atom stereocenters. The summed E-state index contributed by atoms with van der Waals surface area (Å²) in [6.45, 7) is 0. The Bertz CT molecular complexity index is 426. The fourth-order valence-electron chi connectivity index (χ4n) is 2.99. The lowest BCUT2D eigenvalue weighted by atomic mass is 9.82. The van der Waals surface area contributed by atoms with E-state index in [1.807, 2.05) is 0 Å². The molecule has 0 bridgehead atoms. The molecule has 0 radical (unpaired) electrons. The SMILES string of the molecule is COc1ccc(OC)c(C(O)C(O)C2CCCCC2)c1. The van der Waals surface area contributed by atoms with Crippen molar-refractivity contribution in [2.75, 3.05) is 14.2 Å². The molecule has 0 aliphatic heterocycles. The van der Waals surface area contributed by atoms with E-state index in [-0.39, 0.29) is 5.92 Å². The first kappa shape index (κ1) is 15.1. The molecule has 2 N–H and O–H groups in total. The van der Waals surface area contributed by atoms with Crippen LogP contribution in [-0.2, 0) is 0 Å². The van der Waals surface area contributed by atoms with Crippen molar-refractivity contribution in [3.8, 4) is 11.5 Å². The molecule has 4 heteroatoms. The Labute approximate surface area is 120 Å². The van der Waals surface area contributed by atoms with Crippen molar-refractivity contribution in [1.82, 2.24) is 0 Å². The Balaban J connectivity index is 2.19. The van der Waals surface area contributed by atoms with Gasteiger partial charge in [0.15, 0.2) is 0 Å². The average molecular weight is 280 g/mol. The minimum Gasteiger partial charge on any atom is -0.497 e. The van der Waals surface area contributed by atoms with Crippen molar-refractivity contribution >= 4 is 0 Å². The van der Waals surface area contributed by atoms with E-state index >= 15 is 0 Å². The highest BCUT2D eigenvalue weighted by molar-refractivity contribution is 5.42. The molecule has 0 spiro atoms. The third-order valence-electron chi connectivity index (χ3n) is 4.21. The summed E-state index contributed by atoms with van der Waals surface area (Å²) >= 11 is 0. The number of methoxy groups -OCH3 is 2. The summed E-state index contributed by atoms with van der Waals surface area (Å²) < 4.78 is 10.5. The van der Waals surface area contributed by atoms with Gasteiger partial charge in [-0.3, -0.25) is 0 Å². The van der Waals surface area contributed by atoms with Crippen LogP contribution in [0.3, 0.4) is 0 Å². The molecule has 2 atom stereocenters. The van der Waals surface area contributed by atoms with Crippen LogP contribution in [0.1, 0.15) is 43.8 Å². The number of rotatable bonds is 5. The Morgan fingerprint density at radius 3 is 2.35 bits per heavy atom. The highest BCUT2D eigenvalue weighted by Gasteiger charge is 2.30. The predicted molar refractivity (Wildman–Crippen MR) is 77.1 cm³/mol. The van der Waals surface area contributed by atoms with Crippen LogP contribution < -0.4 is 9.47 Å². The van der Waals surface area contributed by atoms with E-state index in [1.54, 1.807) is 32.4 Å². The number of benzene rings is 1.